The molecule has 0 N–H and O–H groups in total. The maximum atomic E-state index is 4.84. The van der Waals surface area contributed by atoms with Gasteiger partial charge < -0.3 is 0 Å². The first-order valence-corrected chi connectivity index (χ1v) is 9.60. The SMILES string of the molecule is Cc1nn2c(-c3cccc4ccccc34)ccnc2c1-c1ccc(Br)cc1. The molecule has 5 aromatic rings. The van der Waals surface area contributed by atoms with Gasteiger partial charge in [-0.25, -0.2) is 9.50 Å². The van der Waals surface area contributed by atoms with Crippen LogP contribution < -0.4 is 0 Å². The highest BCUT2D eigenvalue weighted by Gasteiger charge is 2.16. The summed E-state index contributed by atoms with van der Waals surface area (Å²) in [6.07, 6.45) is 1.87. The van der Waals surface area contributed by atoms with Gasteiger partial charge in [0.15, 0.2) is 5.65 Å². The van der Waals surface area contributed by atoms with Crippen LogP contribution in [0.5, 0.6) is 0 Å². The molecule has 2 aromatic heterocycles. The summed E-state index contributed by atoms with van der Waals surface area (Å²) in [5.74, 6) is 0. The van der Waals surface area contributed by atoms with Gasteiger partial charge in [-0.3, -0.25) is 0 Å². The van der Waals surface area contributed by atoms with Gasteiger partial charge in [0.25, 0.3) is 0 Å². The summed E-state index contributed by atoms with van der Waals surface area (Å²) in [6.45, 7) is 2.04. The molecule has 3 nitrogen and oxygen atoms in total. The van der Waals surface area contributed by atoms with Crippen molar-refractivity contribution < 1.29 is 0 Å². The summed E-state index contributed by atoms with van der Waals surface area (Å²) in [7, 11) is 0. The number of nitrogens with zero attached hydrogens (tertiary/aromatic N) is 3. The van der Waals surface area contributed by atoms with Gasteiger partial charge in [0.05, 0.1) is 11.4 Å². The Bertz CT molecular complexity index is 1280. The fraction of sp³-hybridized carbons (Fsp3) is 0.0435. The third-order valence-corrected chi connectivity index (χ3v) is 5.42. The minimum atomic E-state index is 0.875. The third kappa shape index (κ3) is 2.64. The van der Waals surface area contributed by atoms with E-state index in [1.165, 1.54) is 10.8 Å². The number of benzene rings is 3. The van der Waals surface area contributed by atoms with Crippen LogP contribution in [0.1, 0.15) is 5.69 Å². The Labute approximate surface area is 165 Å². The van der Waals surface area contributed by atoms with Crippen LogP contribution >= 0.6 is 15.9 Å². The minimum absolute atomic E-state index is 0.875. The lowest BCUT2D eigenvalue weighted by atomic mass is 10.0. The van der Waals surface area contributed by atoms with E-state index in [1.54, 1.807) is 0 Å². The lowest BCUT2D eigenvalue weighted by Gasteiger charge is -2.09. The van der Waals surface area contributed by atoms with Crippen molar-refractivity contribution in [3.05, 3.63) is 89.2 Å². The van der Waals surface area contributed by atoms with E-state index in [0.29, 0.717) is 0 Å². The van der Waals surface area contributed by atoms with Crippen LogP contribution in [0.15, 0.2) is 83.5 Å². The van der Waals surface area contributed by atoms with Crippen LogP contribution in [0.4, 0.5) is 0 Å². The number of aryl methyl sites for hydroxylation is 1. The van der Waals surface area contributed by atoms with Crippen LogP contribution in [0, 0.1) is 6.92 Å². The van der Waals surface area contributed by atoms with Crippen molar-refractivity contribution in [3.63, 3.8) is 0 Å². The minimum Gasteiger partial charge on any atom is -0.236 e. The molecule has 27 heavy (non-hydrogen) atoms. The van der Waals surface area contributed by atoms with Gasteiger partial charge in [-0.2, -0.15) is 5.10 Å². The van der Waals surface area contributed by atoms with E-state index in [9.17, 15) is 0 Å². The summed E-state index contributed by atoms with van der Waals surface area (Å²) in [4.78, 5) is 4.66. The molecule has 0 unspecified atom stereocenters. The first-order valence-electron chi connectivity index (χ1n) is 8.81. The van der Waals surface area contributed by atoms with Crippen LogP contribution in [-0.4, -0.2) is 14.6 Å². The monoisotopic (exact) mass is 413 g/mol. The largest absolute Gasteiger partial charge is 0.236 e. The Morgan fingerprint density at radius 2 is 1.63 bits per heavy atom. The predicted octanol–water partition coefficient (Wildman–Crippen LogP) is 6.29. The molecule has 0 amide bonds. The van der Waals surface area contributed by atoms with Gasteiger partial charge in [0.2, 0.25) is 0 Å². The zero-order chi connectivity index (χ0) is 18.4. The normalized spacial score (nSPS) is 11.3. The summed E-state index contributed by atoms with van der Waals surface area (Å²) in [5.41, 5.74) is 6.24. The van der Waals surface area contributed by atoms with Gasteiger partial charge in [-0.05, 0) is 41.5 Å². The predicted molar refractivity (Wildman–Crippen MR) is 114 cm³/mol. The highest BCUT2D eigenvalue weighted by atomic mass is 79.9. The first-order chi connectivity index (χ1) is 13.2. The number of aromatic nitrogens is 3. The summed E-state index contributed by atoms with van der Waals surface area (Å²) in [5, 5.41) is 7.27. The van der Waals surface area contributed by atoms with Gasteiger partial charge >= 0.3 is 0 Å². The maximum Gasteiger partial charge on any atom is 0.163 e. The molecule has 130 valence electrons. The zero-order valence-electron chi connectivity index (χ0n) is 14.7. The molecule has 5 rings (SSSR count). The van der Waals surface area contributed by atoms with Crippen molar-refractivity contribution in [3.8, 4) is 22.4 Å². The number of halogens is 1. The molecule has 2 heterocycles. The van der Waals surface area contributed by atoms with E-state index in [2.05, 4.69) is 75.5 Å². The van der Waals surface area contributed by atoms with E-state index in [0.717, 1.165) is 38.2 Å². The average molecular weight is 414 g/mol. The molecule has 0 spiro atoms. The molecular formula is C23H16BrN3. The molecule has 3 aromatic carbocycles. The average Bonchev–Trinajstić information content (AvgIpc) is 3.04. The topological polar surface area (TPSA) is 30.2 Å². The molecule has 0 aliphatic carbocycles. The maximum absolute atomic E-state index is 4.84. The van der Waals surface area contributed by atoms with Crippen LogP contribution in [-0.2, 0) is 0 Å². The lowest BCUT2D eigenvalue weighted by molar-refractivity contribution is 0.926. The Morgan fingerprint density at radius 1 is 0.852 bits per heavy atom. The molecule has 0 bridgehead atoms. The lowest BCUT2D eigenvalue weighted by Crippen LogP contribution is -1.96. The van der Waals surface area contributed by atoms with Gasteiger partial charge in [-0.1, -0.05) is 70.5 Å². The number of fused-ring (bicyclic) bond motifs is 2. The van der Waals surface area contributed by atoms with E-state index < -0.39 is 0 Å². The van der Waals surface area contributed by atoms with E-state index in [4.69, 9.17) is 5.10 Å². The van der Waals surface area contributed by atoms with Crippen molar-refractivity contribution in [1.29, 1.82) is 0 Å². The number of hydrogen-bond acceptors (Lipinski definition) is 2. The van der Waals surface area contributed by atoms with Crippen LogP contribution in [0.3, 0.4) is 0 Å². The Balaban J connectivity index is 1.80. The second-order valence-electron chi connectivity index (χ2n) is 6.56. The van der Waals surface area contributed by atoms with Crippen molar-refractivity contribution in [1.82, 2.24) is 14.6 Å². The van der Waals surface area contributed by atoms with E-state index >= 15 is 0 Å². The molecule has 0 saturated heterocycles. The summed E-state index contributed by atoms with van der Waals surface area (Å²) < 4.78 is 3.03. The molecule has 0 radical (unpaired) electrons. The Morgan fingerprint density at radius 3 is 2.48 bits per heavy atom. The van der Waals surface area contributed by atoms with Crippen LogP contribution in [0.2, 0.25) is 0 Å². The highest BCUT2D eigenvalue weighted by molar-refractivity contribution is 9.10. The van der Waals surface area contributed by atoms with Gasteiger partial charge in [-0.15, -0.1) is 0 Å². The van der Waals surface area contributed by atoms with Crippen molar-refractivity contribution in [2.45, 2.75) is 6.92 Å². The first kappa shape index (κ1) is 16.2. The van der Waals surface area contributed by atoms with Gasteiger partial charge in [0, 0.05) is 21.8 Å². The van der Waals surface area contributed by atoms with Crippen LogP contribution in [0.25, 0.3) is 38.8 Å². The molecule has 0 saturated carbocycles. The number of hydrogen-bond donors (Lipinski definition) is 0. The van der Waals surface area contributed by atoms with Crippen molar-refractivity contribution >= 4 is 32.3 Å². The second kappa shape index (κ2) is 6.32. The third-order valence-electron chi connectivity index (χ3n) is 4.89. The van der Waals surface area contributed by atoms with E-state index in [-0.39, 0.29) is 0 Å². The fourth-order valence-electron chi connectivity index (χ4n) is 3.66. The molecule has 0 fully saturated rings. The number of rotatable bonds is 2. The molecule has 0 aliphatic rings. The summed E-state index contributed by atoms with van der Waals surface area (Å²) >= 11 is 3.51. The van der Waals surface area contributed by atoms with Gasteiger partial charge in [0.1, 0.15) is 0 Å². The molecular weight excluding hydrogens is 398 g/mol. The summed E-state index contributed by atoms with van der Waals surface area (Å²) in [6, 6.07) is 25.1. The molecule has 0 atom stereocenters. The Hall–Kier alpha value is -2.98. The molecule has 4 heteroatoms. The standard InChI is InChI=1S/C23H16BrN3/c1-15-22(17-9-11-18(24)12-10-17)23-25-14-13-21(27(23)26-15)20-8-4-6-16-5-2-3-7-19(16)20/h2-14H,1H3. The van der Waals surface area contributed by atoms with Crippen molar-refractivity contribution in [2.75, 3.05) is 0 Å². The fourth-order valence-corrected chi connectivity index (χ4v) is 3.92. The molecule has 0 aliphatic heterocycles. The van der Waals surface area contributed by atoms with E-state index in [1.807, 2.05) is 35.8 Å². The van der Waals surface area contributed by atoms with Crippen molar-refractivity contribution in [2.24, 2.45) is 0 Å². The zero-order valence-corrected chi connectivity index (χ0v) is 16.3. The Kier molecular flexibility index (Phi) is 3.80. The smallest absolute Gasteiger partial charge is 0.163 e. The second-order valence-corrected chi connectivity index (χ2v) is 7.48. The highest BCUT2D eigenvalue weighted by Crippen LogP contribution is 2.33. The quantitative estimate of drug-likeness (QED) is 0.340.